The van der Waals surface area contributed by atoms with Crippen LogP contribution in [0.1, 0.15) is 30.7 Å². The molecule has 0 amide bonds. The minimum Gasteiger partial charge on any atom is -0.358 e. The molecule has 1 aromatic heterocycles. The van der Waals surface area contributed by atoms with Gasteiger partial charge in [0.2, 0.25) is 5.16 Å². The van der Waals surface area contributed by atoms with Crippen molar-refractivity contribution in [2.75, 3.05) is 12.0 Å². The number of thioether (sulfide) groups is 1. The van der Waals surface area contributed by atoms with E-state index >= 15 is 0 Å². The van der Waals surface area contributed by atoms with Crippen molar-refractivity contribution < 1.29 is 5.73 Å². The van der Waals surface area contributed by atoms with Gasteiger partial charge >= 0.3 is 0 Å². The molecular weight excluding hydrogens is 354 g/mol. The van der Waals surface area contributed by atoms with Crippen molar-refractivity contribution in [3.8, 4) is 11.1 Å². The van der Waals surface area contributed by atoms with Gasteiger partial charge in [-0.3, -0.25) is 5.43 Å². The smallest absolute Gasteiger partial charge is 0.214 e. The molecule has 0 fully saturated rings. The maximum Gasteiger partial charge on any atom is 0.214 e. The van der Waals surface area contributed by atoms with Crippen LogP contribution in [0, 0.1) is 0 Å². The highest BCUT2D eigenvalue weighted by Crippen LogP contribution is 2.30. The van der Waals surface area contributed by atoms with Crippen molar-refractivity contribution in [2.24, 2.45) is 0 Å². The van der Waals surface area contributed by atoms with Gasteiger partial charge in [0.05, 0.1) is 12.2 Å². The largest absolute Gasteiger partial charge is 0.358 e. The first-order valence-corrected chi connectivity index (χ1v) is 10.3. The minimum atomic E-state index is 0.895. The summed E-state index contributed by atoms with van der Waals surface area (Å²) >= 11 is 1.61. The number of aromatic nitrogens is 3. The van der Waals surface area contributed by atoms with Crippen molar-refractivity contribution in [2.45, 2.75) is 30.8 Å². The van der Waals surface area contributed by atoms with E-state index in [1.165, 1.54) is 24.0 Å². The fraction of sp³-hybridized carbons (Fsp3) is 0.238. The average Bonchev–Trinajstić information content (AvgIpc) is 3.14. The molecule has 2 heterocycles. The second kappa shape index (κ2) is 8.41. The Labute approximate surface area is 163 Å². The molecular formula is C21H24N5S+. The van der Waals surface area contributed by atoms with Crippen LogP contribution in [-0.2, 0) is 6.42 Å². The quantitative estimate of drug-likeness (QED) is 0.617. The van der Waals surface area contributed by atoms with Gasteiger partial charge in [-0.15, -0.1) is 10.2 Å². The Morgan fingerprint density at radius 2 is 1.59 bits per heavy atom. The third-order valence-corrected chi connectivity index (χ3v) is 5.50. The number of hydrogen-bond acceptors (Lipinski definition) is 4. The molecule has 0 aliphatic carbocycles. The van der Waals surface area contributed by atoms with E-state index in [-0.39, 0.29) is 0 Å². The zero-order valence-corrected chi connectivity index (χ0v) is 16.1. The second-order valence-corrected chi connectivity index (χ2v) is 7.44. The van der Waals surface area contributed by atoms with Crippen molar-refractivity contribution in [1.29, 1.82) is 0 Å². The first-order chi connectivity index (χ1) is 13.3. The van der Waals surface area contributed by atoms with Crippen LogP contribution in [0.3, 0.4) is 0 Å². The zero-order valence-electron chi connectivity index (χ0n) is 15.3. The summed E-state index contributed by atoms with van der Waals surface area (Å²) in [6, 6.07) is 19.1. The summed E-state index contributed by atoms with van der Waals surface area (Å²) < 4.78 is 2.02. The molecule has 0 saturated carbocycles. The highest BCUT2D eigenvalue weighted by atomic mass is 32.2. The number of rotatable bonds is 7. The first kappa shape index (κ1) is 17.8. The Balaban J connectivity index is 1.47. The van der Waals surface area contributed by atoms with Gasteiger partial charge in [0.25, 0.3) is 0 Å². The van der Waals surface area contributed by atoms with Crippen molar-refractivity contribution in [1.82, 2.24) is 14.9 Å². The third kappa shape index (κ3) is 4.07. The molecule has 5 nitrogen and oxygen atoms in total. The Morgan fingerprint density at radius 3 is 2.37 bits per heavy atom. The van der Waals surface area contributed by atoms with Gasteiger partial charge in [-0.1, -0.05) is 66.4 Å². The molecule has 4 N–H and O–H groups in total. The van der Waals surface area contributed by atoms with Crippen LogP contribution in [-0.4, -0.2) is 21.4 Å². The van der Waals surface area contributed by atoms with Crippen molar-refractivity contribution in [3.63, 3.8) is 0 Å². The molecule has 0 unspecified atom stereocenters. The van der Waals surface area contributed by atoms with Gasteiger partial charge in [0.1, 0.15) is 0 Å². The van der Waals surface area contributed by atoms with Gasteiger partial charge in [0, 0.05) is 11.8 Å². The number of nitrogens with zero attached hydrogens (tertiary/aromatic N) is 3. The normalized spacial score (nSPS) is 13.0. The SMILES string of the molecule is [NH3+]CCCCCc1nnc2n1NC(c1ccc(-c3ccccc3)cc1)=CS2. The lowest BCUT2D eigenvalue weighted by molar-refractivity contribution is -0.368. The van der Waals surface area contributed by atoms with E-state index in [0.29, 0.717) is 0 Å². The lowest BCUT2D eigenvalue weighted by Crippen LogP contribution is -2.50. The summed E-state index contributed by atoms with van der Waals surface area (Å²) in [6.07, 6.45) is 4.40. The van der Waals surface area contributed by atoms with E-state index in [1.807, 2.05) is 10.7 Å². The average molecular weight is 379 g/mol. The molecule has 0 spiro atoms. The Morgan fingerprint density at radius 1 is 0.852 bits per heavy atom. The number of hydrogen-bond donors (Lipinski definition) is 2. The second-order valence-electron chi connectivity index (χ2n) is 6.60. The van der Waals surface area contributed by atoms with Crippen LogP contribution in [0.15, 0.2) is 65.2 Å². The van der Waals surface area contributed by atoms with Crippen LogP contribution in [0.4, 0.5) is 0 Å². The van der Waals surface area contributed by atoms with E-state index in [9.17, 15) is 0 Å². The van der Waals surface area contributed by atoms with Gasteiger partial charge in [0.15, 0.2) is 5.82 Å². The van der Waals surface area contributed by atoms with Crippen LogP contribution in [0.2, 0.25) is 0 Å². The molecule has 1 aliphatic heterocycles. The van der Waals surface area contributed by atoms with E-state index in [4.69, 9.17) is 0 Å². The summed E-state index contributed by atoms with van der Waals surface area (Å²) in [7, 11) is 0. The Hall–Kier alpha value is -2.57. The van der Waals surface area contributed by atoms with E-state index in [0.717, 1.165) is 41.6 Å². The highest BCUT2D eigenvalue weighted by molar-refractivity contribution is 8.02. The maximum absolute atomic E-state index is 4.36. The van der Waals surface area contributed by atoms with E-state index in [1.54, 1.807) is 11.8 Å². The molecule has 27 heavy (non-hydrogen) atoms. The lowest BCUT2D eigenvalue weighted by Gasteiger charge is -2.19. The van der Waals surface area contributed by atoms with Crippen molar-refractivity contribution >= 4 is 17.5 Å². The lowest BCUT2D eigenvalue weighted by atomic mass is 10.0. The van der Waals surface area contributed by atoms with Gasteiger partial charge in [-0.25, -0.2) is 4.68 Å². The third-order valence-electron chi connectivity index (χ3n) is 4.67. The summed E-state index contributed by atoms with van der Waals surface area (Å²) in [5.74, 6) is 0.994. The van der Waals surface area contributed by atoms with Gasteiger partial charge < -0.3 is 5.73 Å². The number of aryl methyl sites for hydroxylation is 1. The first-order valence-electron chi connectivity index (χ1n) is 9.38. The molecule has 138 valence electrons. The van der Waals surface area contributed by atoms with Gasteiger partial charge in [-0.2, -0.15) is 0 Å². The number of nitrogens with one attached hydrogen (secondary N) is 1. The molecule has 0 bridgehead atoms. The maximum atomic E-state index is 4.36. The Bertz CT molecular complexity index is 916. The number of unbranched alkanes of at least 4 members (excludes halogenated alkanes) is 2. The van der Waals surface area contributed by atoms with Crippen LogP contribution in [0.25, 0.3) is 16.8 Å². The predicted molar refractivity (Wildman–Crippen MR) is 110 cm³/mol. The van der Waals surface area contributed by atoms with Gasteiger partial charge in [-0.05, 0) is 36.0 Å². The molecule has 3 aromatic rings. The molecule has 4 rings (SSSR count). The summed E-state index contributed by atoms with van der Waals surface area (Å²) in [5.41, 5.74) is 12.1. The van der Waals surface area contributed by atoms with Crippen LogP contribution < -0.4 is 11.2 Å². The van der Waals surface area contributed by atoms with Crippen molar-refractivity contribution in [3.05, 3.63) is 71.4 Å². The molecule has 0 atom stereocenters. The monoisotopic (exact) mass is 378 g/mol. The summed E-state index contributed by atoms with van der Waals surface area (Å²) in [6.45, 7) is 0.998. The molecule has 1 aliphatic rings. The predicted octanol–water partition coefficient (Wildman–Crippen LogP) is 3.55. The standard InChI is InChI=1S/C21H23N5S/c22-14-6-2-5-9-20-23-24-21-26(20)25-19(15-27-21)18-12-10-17(11-13-18)16-7-3-1-4-8-16/h1,3-4,7-8,10-13,15,25H,2,5-6,9,14,22H2/p+1. The topological polar surface area (TPSA) is 70.4 Å². The zero-order chi connectivity index (χ0) is 18.5. The minimum absolute atomic E-state index is 0.895. The van der Waals surface area contributed by atoms with Crippen LogP contribution >= 0.6 is 11.8 Å². The molecule has 2 aromatic carbocycles. The van der Waals surface area contributed by atoms with E-state index in [2.05, 4.69) is 75.3 Å². The number of fused-ring (bicyclic) bond motifs is 1. The fourth-order valence-electron chi connectivity index (χ4n) is 3.15. The summed E-state index contributed by atoms with van der Waals surface area (Å²) in [4.78, 5) is 0. The molecule has 0 radical (unpaired) electrons. The molecule has 0 saturated heterocycles. The number of benzene rings is 2. The summed E-state index contributed by atoms with van der Waals surface area (Å²) in [5, 5.41) is 11.7. The number of quaternary nitrogens is 1. The fourth-order valence-corrected chi connectivity index (χ4v) is 3.91. The van der Waals surface area contributed by atoms with E-state index < -0.39 is 0 Å². The Kier molecular flexibility index (Phi) is 5.55. The molecule has 6 heteroatoms. The van der Waals surface area contributed by atoms with Crippen LogP contribution in [0.5, 0.6) is 0 Å². The highest BCUT2D eigenvalue weighted by Gasteiger charge is 2.18.